The van der Waals surface area contributed by atoms with E-state index in [1.165, 1.54) is 33.3 Å². The first-order valence-corrected chi connectivity index (χ1v) is 12.4. The Hall–Kier alpha value is -4.05. The molecule has 0 aliphatic heterocycles. The van der Waals surface area contributed by atoms with E-state index in [-0.39, 0.29) is 35.2 Å². The Morgan fingerprint density at radius 2 is 1.46 bits per heavy atom. The highest BCUT2D eigenvalue weighted by atomic mass is 32.2. The van der Waals surface area contributed by atoms with Crippen LogP contribution in [0.4, 0.5) is 17.1 Å². The number of sulfonamides is 1. The van der Waals surface area contributed by atoms with Gasteiger partial charge in [0.05, 0.1) is 38.3 Å². The number of benzene rings is 3. The van der Waals surface area contributed by atoms with Gasteiger partial charge in [-0.1, -0.05) is 36.4 Å². The van der Waals surface area contributed by atoms with E-state index in [4.69, 9.17) is 9.47 Å². The van der Waals surface area contributed by atoms with Gasteiger partial charge in [-0.05, 0) is 29.8 Å². The predicted molar refractivity (Wildman–Crippen MR) is 136 cm³/mol. The quantitative estimate of drug-likeness (QED) is 0.464. The van der Waals surface area contributed by atoms with E-state index in [1.54, 1.807) is 48.5 Å². The fourth-order valence-electron chi connectivity index (χ4n) is 3.46. The largest absolute Gasteiger partial charge is 0.493 e. The molecule has 0 aromatic heterocycles. The fourth-order valence-corrected chi connectivity index (χ4v) is 4.36. The molecule has 0 aliphatic rings. The maximum Gasteiger partial charge on any atom is 0.257 e. The maximum atomic E-state index is 13.4. The second kappa shape index (κ2) is 10.9. The number of nitrogens with one attached hydrogen (secondary N) is 2. The molecular weight excluding hydrogens is 470 g/mol. The van der Waals surface area contributed by atoms with Crippen LogP contribution in [-0.4, -0.2) is 40.7 Å². The van der Waals surface area contributed by atoms with Gasteiger partial charge in [0.2, 0.25) is 15.9 Å². The summed E-state index contributed by atoms with van der Waals surface area (Å²) in [6.45, 7) is 1.39. The van der Waals surface area contributed by atoms with E-state index >= 15 is 0 Å². The summed E-state index contributed by atoms with van der Waals surface area (Å²) in [5.74, 6) is -0.280. The molecule has 2 N–H and O–H groups in total. The third-order valence-corrected chi connectivity index (χ3v) is 6.15. The summed E-state index contributed by atoms with van der Waals surface area (Å²) in [6.07, 6.45) is 1.07. The molecule has 0 heterocycles. The molecule has 9 nitrogen and oxygen atoms in total. The Morgan fingerprint density at radius 1 is 0.857 bits per heavy atom. The lowest BCUT2D eigenvalue weighted by atomic mass is 10.1. The van der Waals surface area contributed by atoms with E-state index in [0.717, 1.165) is 16.1 Å². The van der Waals surface area contributed by atoms with Crippen LogP contribution in [0, 0.1) is 0 Å². The highest BCUT2D eigenvalue weighted by Crippen LogP contribution is 2.37. The normalized spacial score (nSPS) is 10.9. The summed E-state index contributed by atoms with van der Waals surface area (Å²) in [5, 5.41) is 5.42. The van der Waals surface area contributed by atoms with Crippen LogP contribution in [0.1, 0.15) is 22.8 Å². The molecule has 184 valence electrons. The lowest BCUT2D eigenvalue weighted by Crippen LogP contribution is -2.31. The Kier molecular flexibility index (Phi) is 7.98. The molecule has 0 aliphatic carbocycles. The second-order valence-corrected chi connectivity index (χ2v) is 9.60. The van der Waals surface area contributed by atoms with Crippen LogP contribution in [0.25, 0.3) is 0 Å². The topological polar surface area (TPSA) is 114 Å². The van der Waals surface area contributed by atoms with Crippen LogP contribution in [0.3, 0.4) is 0 Å². The van der Waals surface area contributed by atoms with Crippen molar-refractivity contribution in [3.63, 3.8) is 0 Å². The van der Waals surface area contributed by atoms with Gasteiger partial charge >= 0.3 is 0 Å². The molecule has 0 saturated heterocycles. The first-order valence-electron chi connectivity index (χ1n) is 10.6. The Balaban J connectivity index is 2.09. The van der Waals surface area contributed by atoms with Crippen molar-refractivity contribution < 1.29 is 27.5 Å². The number of carbonyl (C=O) groups is 2. The highest BCUT2D eigenvalue weighted by Gasteiger charge is 2.26. The summed E-state index contributed by atoms with van der Waals surface area (Å²) in [6, 6.07) is 18.5. The first kappa shape index (κ1) is 25.6. The van der Waals surface area contributed by atoms with E-state index in [0.29, 0.717) is 11.4 Å². The Morgan fingerprint density at radius 3 is 2.03 bits per heavy atom. The first-order chi connectivity index (χ1) is 16.6. The molecule has 0 fully saturated rings. The van der Waals surface area contributed by atoms with E-state index in [9.17, 15) is 18.0 Å². The lowest BCUT2D eigenvalue weighted by Gasteiger charge is -2.26. The Labute approximate surface area is 204 Å². The zero-order chi connectivity index (χ0) is 25.6. The van der Waals surface area contributed by atoms with Crippen molar-refractivity contribution in [1.82, 2.24) is 0 Å². The number of hydrogen-bond donors (Lipinski definition) is 2. The smallest absolute Gasteiger partial charge is 0.257 e. The summed E-state index contributed by atoms with van der Waals surface area (Å²) in [4.78, 5) is 24.8. The molecule has 3 rings (SSSR count). The van der Waals surface area contributed by atoms with E-state index in [1.807, 2.05) is 6.07 Å². The summed E-state index contributed by atoms with van der Waals surface area (Å²) in [7, 11) is -0.948. The van der Waals surface area contributed by atoms with E-state index in [2.05, 4.69) is 10.6 Å². The molecule has 0 bridgehead atoms. The summed E-state index contributed by atoms with van der Waals surface area (Å²) >= 11 is 0. The van der Waals surface area contributed by atoms with Gasteiger partial charge in [0, 0.05) is 24.4 Å². The summed E-state index contributed by atoms with van der Waals surface area (Å²) < 4.78 is 37.6. The monoisotopic (exact) mass is 497 g/mol. The van der Waals surface area contributed by atoms with Gasteiger partial charge in [-0.25, -0.2) is 8.42 Å². The molecular formula is C25H27N3O6S. The number of ether oxygens (including phenoxy) is 2. The SMILES string of the molecule is COc1cc(C(=O)Nc2cccc(NC(C)=O)c2)c(N(Cc2ccccc2)S(C)(=O)=O)cc1OC. The minimum Gasteiger partial charge on any atom is -0.493 e. The van der Waals surface area contributed by atoms with Crippen molar-refractivity contribution in [3.8, 4) is 11.5 Å². The molecule has 3 aromatic carbocycles. The molecule has 0 radical (unpaired) electrons. The molecule has 3 aromatic rings. The zero-order valence-corrected chi connectivity index (χ0v) is 20.7. The van der Waals surface area contributed by atoms with Gasteiger partial charge in [0.25, 0.3) is 5.91 Å². The number of amides is 2. The second-order valence-electron chi connectivity index (χ2n) is 7.70. The highest BCUT2D eigenvalue weighted by molar-refractivity contribution is 7.92. The van der Waals surface area contributed by atoms with Crippen LogP contribution in [0.15, 0.2) is 66.7 Å². The molecule has 35 heavy (non-hydrogen) atoms. The van der Waals surface area contributed by atoms with Crippen LogP contribution >= 0.6 is 0 Å². The average molecular weight is 498 g/mol. The molecule has 0 unspecified atom stereocenters. The number of rotatable bonds is 9. The van der Waals surface area contributed by atoms with Crippen molar-refractivity contribution >= 4 is 38.9 Å². The number of nitrogens with zero attached hydrogens (tertiary/aromatic N) is 1. The van der Waals surface area contributed by atoms with Gasteiger partial charge < -0.3 is 20.1 Å². The van der Waals surface area contributed by atoms with Crippen LogP contribution < -0.4 is 24.4 Å². The number of carbonyl (C=O) groups excluding carboxylic acids is 2. The average Bonchev–Trinajstić information content (AvgIpc) is 2.81. The number of hydrogen-bond acceptors (Lipinski definition) is 6. The molecule has 0 saturated carbocycles. The molecule has 10 heteroatoms. The van der Waals surface area contributed by atoms with Crippen molar-refractivity contribution in [2.24, 2.45) is 0 Å². The van der Waals surface area contributed by atoms with Crippen molar-refractivity contribution in [2.75, 3.05) is 35.4 Å². The fraction of sp³-hybridized carbons (Fsp3) is 0.200. The van der Waals surface area contributed by atoms with Crippen molar-refractivity contribution in [2.45, 2.75) is 13.5 Å². The standard InChI is InChI=1S/C25H27N3O6S/c1-17(29)26-19-11-8-12-20(13-19)27-25(30)21-14-23(33-2)24(34-3)15-22(21)28(35(4,31)32)16-18-9-6-5-7-10-18/h5-15H,16H2,1-4H3,(H,26,29)(H,27,30). The predicted octanol–water partition coefficient (Wildman–Crippen LogP) is 3.88. The third kappa shape index (κ3) is 6.51. The Bertz CT molecular complexity index is 1330. The van der Waals surface area contributed by atoms with Gasteiger partial charge in [-0.3, -0.25) is 13.9 Å². The zero-order valence-electron chi connectivity index (χ0n) is 19.9. The van der Waals surface area contributed by atoms with E-state index < -0.39 is 15.9 Å². The maximum absolute atomic E-state index is 13.4. The molecule has 0 atom stereocenters. The van der Waals surface area contributed by atoms with Gasteiger partial charge in [0.1, 0.15) is 0 Å². The molecule has 2 amide bonds. The summed E-state index contributed by atoms with van der Waals surface area (Å²) in [5.41, 5.74) is 1.85. The molecule has 0 spiro atoms. The number of methoxy groups -OCH3 is 2. The van der Waals surface area contributed by atoms with Crippen LogP contribution in [-0.2, 0) is 21.4 Å². The van der Waals surface area contributed by atoms with Crippen LogP contribution in [0.2, 0.25) is 0 Å². The van der Waals surface area contributed by atoms with Crippen molar-refractivity contribution in [3.05, 3.63) is 77.9 Å². The minimum atomic E-state index is -3.80. The minimum absolute atomic E-state index is 0.00739. The van der Waals surface area contributed by atoms with Gasteiger partial charge in [-0.15, -0.1) is 0 Å². The third-order valence-electron chi connectivity index (χ3n) is 5.03. The number of anilines is 3. The lowest BCUT2D eigenvalue weighted by molar-refractivity contribution is -0.114. The van der Waals surface area contributed by atoms with Crippen molar-refractivity contribution in [1.29, 1.82) is 0 Å². The van der Waals surface area contributed by atoms with Gasteiger partial charge in [0.15, 0.2) is 11.5 Å². The van der Waals surface area contributed by atoms with Gasteiger partial charge in [-0.2, -0.15) is 0 Å². The van der Waals surface area contributed by atoms with Crippen LogP contribution in [0.5, 0.6) is 11.5 Å².